The van der Waals surface area contributed by atoms with E-state index in [0.29, 0.717) is 45.3 Å². The average molecular weight is 522 g/mol. The monoisotopic (exact) mass is 521 g/mol. The van der Waals surface area contributed by atoms with Gasteiger partial charge in [-0.1, -0.05) is 29.5 Å². The first kappa shape index (κ1) is 25.9. The number of ether oxygens (including phenoxy) is 3. The van der Waals surface area contributed by atoms with Crippen LogP contribution in [0.1, 0.15) is 37.9 Å². The van der Waals surface area contributed by atoms with Crippen molar-refractivity contribution < 1.29 is 23.8 Å². The van der Waals surface area contributed by atoms with Crippen molar-refractivity contribution in [1.82, 2.24) is 4.57 Å². The van der Waals surface area contributed by atoms with Crippen LogP contribution >= 0.6 is 11.3 Å². The van der Waals surface area contributed by atoms with Gasteiger partial charge in [0, 0.05) is 18.8 Å². The summed E-state index contributed by atoms with van der Waals surface area (Å²) in [6.45, 7) is 6.08. The fraction of sp³-hybridized carbons (Fsp3) is 0.259. The molecule has 0 unspecified atom stereocenters. The fourth-order valence-corrected chi connectivity index (χ4v) is 4.97. The van der Waals surface area contributed by atoms with Gasteiger partial charge in [-0.3, -0.25) is 14.2 Å². The maximum Gasteiger partial charge on any atom is 0.337 e. The number of nitrogens with one attached hydrogen (secondary N) is 1. The standard InChI is InChI=1S/C27H27N3O6S/c1-5-35-21-12-9-18(14-22(21)36-6-2)24-20(26(33)34-4)15-28-27-30(24)25(32)23(37-27)13-17-7-10-19(11-8-17)29-16(3)31/h7-15,24H,5-6H2,1-4H3,(H,29,31)/b23-13-/t24-/m1/s1. The van der Waals surface area contributed by atoms with Crippen molar-refractivity contribution in [3.63, 3.8) is 0 Å². The molecule has 0 saturated heterocycles. The fourth-order valence-electron chi connectivity index (χ4n) is 4.00. The number of hydrogen-bond donors (Lipinski definition) is 1. The number of carbonyl (C=O) groups is 2. The molecule has 0 aliphatic carbocycles. The molecule has 0 bridgehead atoms. The Kier molecular flexibility index (Phi) is 7.88. The van der Waals surface area contributed by atoms with Crippen LogP contribution in [0.3, 0.4) is 0 Å². The van der Waals surface area contributed by atoms with Crippen LogP contribution in [0.25, 0.3) is 6.08 Å². The highest BCUT2D eigenvalue weighted by molar-refractivity contribution is 7.07. The lowest BCUT2D eigenvalue weighted by molar-refractivity contribution is -0.136. The van der Waals surface area contributed by atoms with Crippen LogP contribution < -0.4 is 29.7 Å². The third kappa shape index (κ3) is 5.49. The lowest BCUT2D eigenvalue weighted by Crippen LogP contribution is -2.39. The van der Waals surface area contributed by atoms with E-state index >= 15 is 0 Å². The molecule has 0 spiro atoms. The topological polar surface area (TPSA) is 108 Å². The van der Waals surface area contributed by atoms with Gasteiger partial charge in [-0.15, -0.1) is 0 Å². The number of anilines is 1. The Morgan fingerprint density at radius 1 is 1.08 bits per heavy atom. The molecule has 2 heterocycles. The van der Waals surface area contributed by atoms with E-state index in [1.165, 1.54) is 36.1 Å². The number of esters is 1. The summed E-state index contributed by atoms with van der Waals surface area (Å²) >= 11 is 1.22. The Morgan fingerprint density at radius 2 is 1.78 bits per heavy atom. The minimum absolute atomic E-state index is 0.163. The molecule has 0 fully saturated rings. The normalized spacial score (nSPS) is 14.8. The molecule has 192 valence electrons. The van der Waals surface area contributed by atoms with Crippen molar-refractivity contribution in [3.05, 3.63) is 85.1 Å². The summed E-state index contributed by atoms with van der Waals surface area (Å²) in [6, 6.07) is 11.7. The Bertz CT molecular complexity index is 1540. The second kappa shape index (κ2) is 11.3. The lowest BCUT2D eigenvalue weighted by atomic mass is 9.97. The number of nitrogens with zero attached hydrogens (tertiary/aromatic N) is 2. The van der Waals surface area contributed by atoms with Crippen molar-refractivity contribution in [2.45, 2.75) is 26.8 Å². The molecule has 10 heteroatoms. The van der Waals surface area contributed by atoms with E-state index < -0.39 is 12.0 Å². The second-order valence-corrected chi connectivity index (χ2v) is 9.06. The van der Waals surface area contributed by atoms with Gasteiger partial charge < -0.3 is 19.5 Å². The summed E-state index contributed by atoms with van der Waals surface area (Å²) < 4.78 is 18.4. The second-order valence-electron chi connectivity index (χ2n) is 8.05. The molecular weight excluding hydrogens is 494 g/mol. The SMILES string of the molecule is CCOc1ccc([C@@H]2C(C(=O)OC)=CN=c3s/c(=C\c4ccc(NC(C)=O)cc4)c(=O)n32)cc1OCC. The largest absolute Gasteiger partial charge is 0.490 e. The zero-order valence-electron chi connectivity index (χ0n) is 20.9. The van der Waals surface area contributed by atoms with Crippen LogP contribution in [-0.2, 0) is 14.3 Å². The molecule has 1 amide bonds. The van der Waals surface area contributed by atoms with Crippen LogP contribution in [0.2, 0.25) is 0 Å². The summed E-state index contributed by atoms with van der Waals surface area (Å²) in [6.07, 6.45) is 3.20. The van der Waals surface area contributed by atoms with E-state index in [2.05, 4.69) is 10.3 Å². The van der Waals surface area contributed by atoms with Crippen molar-refractivity contribution in [3.8, 4) is 11.5 Å². The molecular formula is C27H27N3O6S. The van der Waals surface area contributed by atoms with Gasteiger partial charge >= 0.3 is 5.97 Å². The third-order valence-corrected chi connectivity index (χ3v) is 6.53. The van der Waals surface area contributed by atoms with Gasteiger partial charge in [0.25, 0.3) is 5.56 Å². The Balaban J connectivity index is 1.83. The maximum absolute atomic E-state index is 13.6. The van der Waals surface area contributed by atoms with Crippen LogP contribution in [0.5, 0.6) is 11.5 Å². The molecule has 1 atom stereocenters. The number of hydrogen-bond acceptors (Lipinski definition) is 8. The van der Waals surface area contributed by atoms with Gasteiger partial charge in [-0.05, 0) is 55.3 Å². The molecule has 1 aliphatic rings. The first-order chi connectivity index (χ1) is 17.9. The molecule has 1 N–H and O–H groups in total. The zero-order valence-corrected chi connectivity index (χ0v) is 21.8. The van der Waals surface area contributed by atoms with Crippen molar-refractivity contribution in [2.24, 2.45) is 4.99 Å². The minimum atomic E-state index is -0.761. The van der Waals surface area contributed by atoms with Gasteiger partial charge in [-0.25, -0.2) is 9.79 Å². The summed E-state index contributed by atoms with van der Waals surface area (Å²) in [4.78, 5) is 42.5. The van der Waals surface area contributed by atoms with Gasteiger partial charge in [0.2, 0.25) is 5.91 Å². The van der Waals surface area contributed by atoms with Gasteiger partial charge in [0.1, 0.15) is 0 Å². The average Bonchev–Trinajstić information content (AvgIpc) is 3.20. The van der Waals surface area contributed by atoms with Crippen LogP contribution in [0, 0.1) is 0 Å². The minimum Gasteiger partial charge on any atom is -0.490 e. The predicted octanol–water partition coefficient (Wildman–Crippen LogP) is 2.77. The number of thiazole rings is 1. The van der Waals surface area contributed by atoms with E-state index in [4.69, 9.17) is 14.2 Å². The molecule has 9 nitrogen and oxygen atoms in total. The number of benzene rings is 2. The highest BCUT2D eigenvalue weighted by atomic mass is 32.1. The number of rotatable bonds is 8. The van der Waals surface area contributed by atoms with Crippen molar-refractivity contribution in [1.29, 1.82) is 0 Å². The zero-order chi connectivity index (χ0) is 26.5. The molecule has 2 aromatic carbocycles. The summed E-state index contributed by atoms with van der Waals surface area (Å²) in [7, 11) is 1.29. The van der Waals surface area contributed by atoms with Crippen LogP contribution in [0.15, 0.2) is 64.0 Å². The molecule has 4 rings (SSSR count). The summed E-state index contributed by atoms with van der Waals surface area (Å²) in [5.41, 5.74) is 2.04. The van der Waals surface area contributed by atoms with Gasteiger partial charge in [-0.2, -0.15) is 0 Å². The summed E-state index contributed by atoms with van der Waals surface area (Å²) in [5, 5.41) is 2.72. The van der Waals surface area contributed by atoms with Crippen molar-refractivity contribution in [2.75, 3.05) is 25.6 Å². The van der Waals surface area contributed by atoms with Crippen molar-refractivity contribution >= 4 is 35.0 Å². The molecule has 1 aliphatic heterocycles. The van der Waals surface area contributed by atoms with E-state index in [-0.39, 0.29) is 17.0 Å². The number of methoxy groups -OCH3 is 1. The highest BCUT2D eigenvalue weighted by Gasteiger charge is 2.31. The predicted molar refractivity (Wildman–Crippen MR) is 141 cm³/mol. The maximum atomic E-state index is 13.6. The van der Waals surface area contributed by atoms with Gasteiger partial charge in [0.05, 0.1) is 36.5 Å². The van der Waals surface area contributed by atoms with Crippen LogP contribution in [0.4, 0.5) is 5.69 Å². The van der Waals surface area contributed by atoms with Crippen LogP contribution in [-0.4, -0.2) is 36.8 Å². The first-order valence-corrected chi connectivity index (χ1v) is 12.5. The molecule has 37 heavy (non-hydrogen) atoms. The Hall–Kier alpha value is -4.18. The number of carbonyl (C=O) groups excluding carboxylic acids is 2. The Labute approximate surface area is 217 Å². The summed E-state index contributed by atoms with van der Waals surface area (Å²) in [5.74, 6) is 0.351. The number of fused-ring (bicyclic) bond motifs is 1. The van der Waals surface area contributed by atoms with E-state index in [0.717, 1.165) is 5.56 Å². The van der Waals surface area contributed by atoms with Gasteiger partial charge in [0.15, 0.2) is 16.3 Å². The first-order valence-electron chi connectivity index (χ1n) is 11.7. The molecule has 3 aromatic rings. The highest BCUT2D eigenvalue weighted by Crippen LogP contribution is 2.35. The number of aromatic nitrogens is 1. The molecule has 1 aromatic heterocycles. The third-order valence-electron chi connectivity index (χ3n) is 5.54. The van der Waals surface area contributed by atoms with E-state index in [1.807, 2.05) is 26.0 Å². The molecule has 0 saturated carbocycles. The lowest BCUT2D eigenvalue weighted by Gasteiger charge is -2.23. The van der Waals surface area contributed by atoms with E-state index in [1.54, 1.807) is 36.4 Å². The smallest absolute Gasteiger partial charge is 0.337 e. The Morgan fingerprint density at radius 3 is 2.43 bits per heavy atom. The molecule has 0 radical (unpaired) electrons. The quantitative estimate of drug-likeness (QED) is 0.457. The number of amides is 1. The van der Waals surface area contributed by atoms with E-state index in [9.17, 15) is 14.4 Å².